The predicted octanol–water partition coefficient (Wildman–Crippen LogP) is 4.77. The average molecular weight is 418 g/mol. The summed E-state index contributed by atoms with van der Waals surface area (Å²) in [6.45, 7) is 0. The van der Waals surface area contributed by atoms with Crippen LogP contribution < -0.4 is 0 Å². The normalized spacial score (nSPS) is 17.1. The van der Waals surface area contributed by atoms with E-state index in [4.69, 9.17) is 10.8 Å². The second-order valence-corrected chi connectivity index (χ2v) is 5.64. The van der Waals surface area contributed by atoms with Crippen LogP contribution in [0.2, 0.25) is 0 Å². The molecule has 2 aromatic rings. The molecule has 134 valence electrons. The first-order chi connectivity index (χ1) is 12.2. The molecule has 0 saturated heterocycles. The minimum atomic E-state index is -5.06. The number of rotatable bonds is 6. The zero-order chi connectivity index (χ0) is 19.4. The van der Waals surface area contributed by atoms with Crippen molar-refractivity contribution in [1.29, 1.82) is 0 Å². The summed E-state index contributed by atoms with van der Waals surface area (Å²) in [5.41, 5.74) is -3.30. The van der Waals surface area contributed by atoms with Gasteiger partial charge in [-0.3, -0.25) is 0 Å². The van der Waals surface area contributed by atoms with Crippen LogP contribution in [-0.4, -0.2) is 24.6 Å². The maximum absolute atomic E-state index is 13.9. The molecular formula is C18H16BrF3O3. The van der Waals surface area contributed by atoms with Crippen LogP contribution in [0.4, 0.5) is 13.2 Å². The molecule has 0 aromatic heterocycles. The van der Waals surface area contributed by atoms with Crippen LogP contribution >= 0.6 is 15.9 Å². The molecule has 7 heteroatoms. The second-order valence-electron chi connectivity index (χ2n) is 5.11. The Hall–Kier alpha value is -1.86. The fraction of sp³-hybridized carbons (Fsp3) is 0.278. The van der Waals surface area contributed by atoms with Crippen LogP contribution in [0.25, 0.3) is 0 Å². The monoisotopic (exact) mass is 417 g/mol. The van der Waals surface area contributed by atoms with Crippen molar-refractivity contribution >= 4 is 21.9 Å². The topological polar surface area (TPSA) is 35.5 Å². The fourth-order valence-electron chi connectivity index (χ4n) is 2.39. The molecule has 0 radical (unpaired) electrons. The molecule has 25 heavy (non-hydrogen) atoms. The number of ether oxygens (including phenoxy) is 2. The van der Waals surface area contributed by atoms with Crippen molar-refractivity contribution in [3.63, 3.8) is 0 Å². The summed E-state index contributed by atoms with van der Waals surface area (Å²) < 4.78 is 59.3. The standard InChI is InChI=1S/C18H16BrF3O3/c1-24-17(18(20,21)22,14-10-6-3-7-11-14)16(23)25-15(12-19)13-8-4-2-5-9-13/h2-11,15H,12H2,1H3/t15?,17-/m1/s1/i12D/t12-,15?,17-. The number of esters is 1. The third kappa shape index (κ3) is 3.88. The summed E-state index contributed by atoms with van der Waals surface area (Å²) in [4.78, 5) is 12.7. The van der Waals surface area contributed by atoms with E-state index < -0.39 is 34.7 Å². The fourth-order valence-corrected chi connectivity index (χ4v) is 2.81. The first-order valence-corrected chi connectivity index (χ1v) is 8.15. The highest BCUT2D eigenvalue weighted by molar-refractivity contribution is 9.09. The van der Waals surface area contributed by atoms with E-state index in [0.717, 1.165) is 19.2 Å². The zero-order valence-corrected chi connectivity index (χ0v) is 14.8. The molecule has 0 fully saturated rings. The Morgan fingerprint density at radius 2 is 1.64 bits per heavy atom. The van der Waals surface area contributed by atoms with Crippen molar-refractivity contribution in [1.82, 2.24) is 0 Å². The van der Waals surface area contributed by atoms with Gasteiger partial charge in [0, 0.05) is 19.4 Å². The Balaban J connectivity index is 2.47. The molecule has 3 nitrogen and oxygen atoms in total. The maximum atomic E-state index is 13.9. The minimum absolute atomic E-state index is 0.387. The number of carbonyl (C=O) groups is 1. The molecule has 2 aromatic carbocycles. The summed E-state index contributed by atoms with van der Waals surface area (Å²) in [6.07, 6.45) is -6.31. The zero-order valence-electron chi connectivity index (χ0n) is 14.2. The van der Waals surface area contributed by atoms with E-state index in [9.17, 15) is 18.0 Å². The lowest BCUT2D eigenvalue weighted by atomic mass is 9.92. The number of alkyl halides is 4. The largest absolute Gasteiger partial charge is 0.454 e. The van der Waals surface area contributed by atoms with E-state index in [0.29, 0.717) is 5.56 Å². The van der Waals surface area contributed by atoms with Crippen molar-refractivity contribution in [2.75, 3.05) is 12.4 Å². The van der Waals surface area contributed by atoms with E-state index in [1.54, 1.807) is 30.3 Å². The van der Waals surface area contributed by atoms with Crippen LogP contribution in [0.1, 0.15) is 18.6 Å². The Morgan fingerprint density at radius 1 is 1.12 bits per heavy atom. The molecule has 2 rings (SSSR count). The lowest BCUT2D eigenvalue weighted by Gasteiger charge is -2.33. The van der Waals surface area contributed by atoms with Crippen LogP contribution in [0, 0.1) is 0 Å². The van der Waals surface area contributed by atoms with E-state index in [2.05, 4.69) is 15.9 Å². The van der Waals surface area contributed by atoms with Crippen LogP contribution in [-0.2, 0) is 19.9 Å². The summed E-state index contributed by atoms with van der Waals surface area (Å²) in [6, 6.07) is 14.6. The highest BCUT2D eigenvalue weighted by Crippen LogP contribution is 2.43. The van der Waals surface area contributed by atoms with Gasteiger partial charge in [-0.1, -0.05) is 76.6 Å². The predicted molar refractivity (Wildman–Crippen MR) is 90.3 cm³/mol. The third-order valence-corrected chi connectivity index (χ3v) is 4.13. The first-order valence-electron chi connectivity index (χ1n) is 7.81. The van der Waals surface area contributed by atoms with Gasteiger partial charge in [-0.2, -0.15) is 13.2 Å². The van der Waals surface area contributed by atoms with Gasteiger partial charge < -0.3 is 9.47 Å². The Kier molecular flexibility index (Phi) is 5.75. The van der Waals surface area contributed by atoms with Crippen molar-refractivity contribution in [2.45, 2.75) is 17.9 Å². The summed E-state index contributed by atoms with van der Waals surface area (Å²) in [5.74, 6) is -1.63. The van der Waals surface area contributed by atoms with E-state index >= 15 is 0 Å². The van der Waals surface area contributed by atoms with Gasteiger partial charge in [-0.05, 0) is 5.56 Å². The third-order valence-electron chi connectivity index (χ3n) is 3.65. The number of methoxy groups -OCH3 is 1. The molecule has 0 bridgehead atoms. The second kappa shape index (κ2) is 8.01. The molecule has 0 aliphatic carbocycles. The van der Waals surface area contributed by atoms with Gasteiger partial charge >= 0.3 is 12.1 Å². The lowest BCUT2D eigenvalue weighted by Crippen LogP contribution is -2.52. The molecule has 1 unspecified atom stereocenters. The summed E-state index contributed by atoms with van der Waals surface area (Å²) in [7, 11) is 0.797. The molecule has 0 saturated carbocycles. The van der Waals surface area contributed by atoms with Crippen molar-refractivity contribution < 1.29 is 28.8 Å². The van der Waals surface area contributed by atoms with Gasteiger partial charge in [0.15, 0.2) is 0 Å². The molecule has 0 amide bonds. The van der Waals surface area contributed by atoms with Gasteiger partial charge in [0.1, 0.15) is 6.10 Å². The van der Waals surface area contributed by atoms with Crippen molar-refractivity contribution in [3.8, 4) is 0 Å². The molecule has 3 atom stereocenters. The Morgan fingerprint density at radius 3 is 2.08 bits per heavy atom. The van der Waals surface area contributed by atoms with Gasteiger partial charge in [0.2, 0.25) is 0 Å². The van der Waals surface area contributed by atoms with E-state index in [-0.39, 0.29) is 0 Å². The Labute approximate surface area is 153 Å². The van der Waals surface area contributed by atoms with Gasteiger partial charge in [-0.15, -0.1) is 0 Å². The number of benzene rings is 2. The molecular weight excluding hydrogens is 401 g/mol. The number of hydrogen-bond donors (Lipinski definition) is 0. The molecule has 0 aliphatic rings. The smallest absolute Gasteiger partial charge is 0.432 e. The molecule has 0 aliphatic heterocycles. The van der Waals surface area contributed by atoms with Gasteiger partial charge in [0.05, 0.1) is 0 Å². The maximum Gasteiger partial charge on any atom is 0.432 e. The van der Waals surface area contributed by atoms with Crippen LogP contribution in [0.3, 0.4) is 0 Å². The quantitative estimate of drug-likeness (QED) is 0.501. The molecule has 0 spiro atoms. The number of halogens is 4. The SMILES string of the molecule is [2H][C@@H](Br)C(OC(=O)[C@](OC)(c1ccccc1)C(F)(F)F)c1ccccc1. The summed E-state index contributed by atoms with van der Waals surface area (Å²) in [5, 5.41) is -1.16. The minimum Gasteiger partial charge on any atom is -0.454 e. The van der Waals surface area contributed by atoms with Crippen molar-refractivity contribution in [3.05, 3.63) is 71.8 Å². The van der Waals surface area contributed by atoms with Gasteiger partial charge in [-0.25, -0.2) is 4.79 Å². The van der Waals surface area contributed by atoms with E-state index in [1.165, 1.54) is 18.2 Å². The van der Waals surface area contributed by atoms with E-state index in [1.807, 2.05) is 0 Å². The average Bonchev–Trinajstić information content (AvgIpc) is 2.61. The Bertz CT molecular complexity index is 725. The van der Waals surface area contributed by atoms with Crippen LogP contribution in [0.5, 0.6) is 0 Å². The van der Waals surface area contributed by atoms with Crippen molar-refractivity contribution in [2.24, 2.45) is 0 Å². The van der Waals surface area contributed by atoms with Crippen LogP contribution in [0.15, 0.2) is 60.7 Å². The summed E-state index contributed by atoms with van der Waals surface area (Å²) >= 11 is 2.97. The highest BCUT2D eigenvalue weighted by Gasteiger charge is 2.64. The number of carbonyl (C=O) groups excluding carboxylic acids is 1. The molecule has 0 heterocycles. The highest BCUT2D eigenvalue weighted by atomic mass is 79.9. The molecule has 0 N–H and O–H groups in total. The van der Waals surface area contributed by atoms with Gasteiger partial charge in [0.25, 0.3) is 5.60 Å². The first kappa shape index (κ1) is 17.9. The number of hydrogen-bond acceptors (Lipinski definition) is 3. The lowest BCUT2D eigenvalue weighted by molar-refractivity contribution is -0.278.